The molecule has 1 saturated heterocycles. The minimum atomic E-state index is -0.311. The molecule has 0 spiro atoms. The van der Waals surface area contributed by atoms with Crippen LogP contribution in [0, 0.1) is 11.8 Å². The van der Waals surface area contributed by atoms with Crippen molar-refractivity contribution >= 4 is 11.8 Å². The second-order valence-electron chi connectivity index (χ2n) is 6.15. The molecular formula is C14H24N2O2. The Bertz CT molecular complexity index is 337. The molecule has 0 aromatic heterocycles. The number of carbonyl (C=O) groups excluding carboxylic acids is 2. The molecule has 4 nitrogen and oxygen atoms in total. The SMILES string of the molecule is CC(C)CC1NC(=O)CN(C(C)C2CCC2)C1=O. The van der Waals surface area contributed by atoms with Crippen LogP contribution in [0.25, 0.3) is 0 Å². The van der Waals surface area contributed by atoms with E-state index in [1.54, 1.807) is 4.90 Å². The molecule has 0 radical (unpaired) electrons. The number of nitrogens with one attached hydrogen (secondary N) is 1. The monoisotopic (exact) mass is 252 g/mol. The Balaban J connectivity index is 2.04. The van der Waals surface area contributed by atoms with Gasteiger partial charge in [0.2, 0.25) is 11.8 Å². The molecule has 0 aromatic carbocycles. The number of piperazine rings is 1. The highest BCUT2D eigenvalue weighted by Gasteiger charge is 2.38. The lowest BCUT2D eigenvalue weighted by molar-refractivity contribution is -0.148. The first-order valence-electron chi connectivity index (χ1n) is 7.09. The predicted octanol–water partition coefficient (Wildman–Crippen LogP) is 1.55. The number of carbonyl (C=O) groups is 2. The third-order valence-electron chi connectivity index (χ3n) is 4.26. The molecule has 1 heterocycles. The fraction of sp³-hybridized carbons (Fsp3) is 0.857. The molecule has 0 aromatic rings. The zero-order valence-electron chi connectivity index (χ0n) is 11.6. The van der Waals surface area contributed by atoms with Crippen molar-refractivity contribution in [3.8, 4) is 0 Å². The lowest BCUT2D eigenvalue weighted by Crippen LogP contribution is -2.61. The molecule has 18 heavy (non-hydrogen) atoms. The number of amides is 2. The van der Waals surface area contributed by atoms with Gasteiger partial charge in [0.1, 0.15) is 6.04 Å². The van der Waals surface area contributed by atoms with Crippen molar-refractivity contribution in [3.05, 3.63) is 0 Å². The van der Waals surface area contributed by atoms with Crippen molar-refractivity contribution in [1.29, 1.82) is 0 Å². The van der Waals surface area contributed by atoms with Crippen molar-refractivity contribution in [2.24, 2.45) is 11.8 Å². The number of hydrogen-bond acceptors (Lipinski definition) is 2. The zero-order valence-corrected chi connectivity index (χ0v) is 11.6. The molecule has 1 N–H and O–H groups in total. The molecule has 2 aliphatic rings. The molecule has 102 valence electrons. The average molecular weight is 252 g/mol. The molecule has 0 bridgehead atoms. The standard InChI is InChI=1S/C14H24N2O2/c1-9(2)7-12-14(18)16(8-13(17)15-12)10(3)11-5-4-6-11/h9-12H,4-8H2,1-3H3,(H,15,17). The number of hydrogen-bond donors (Lipinski definition) is 1. The van der Waals surface area contributed by atoms with E-state index in [2.05, 4.69) is 26.1 Å². The minimum absolute atomic E-state index is 0.00794. The largest absolute Gasteiger partial charge is 0.343 e. The van der Waals surface area contributed by atoms with Crippen LogP contribution in [-0.4, -0.2) is 35.3 Å². The first-order chi connectivity index (χ1) is 8.49. The first kappa shape index (κ1) is 13.4. The summed E-state index contributed by atoms with van der Waals surface area (Å²) in [6.07, 6.45) is 4.39. The summed E-state index contributed by atoms with van der Waals surface area (Å²) < 4.78 is 0. The summed E-state index contributed by atoms with van der Waals surface area (Å²) in [5, 5.41) is 2.83. The predicted molar refractivity (Wildman–Crippen MR) is 69.9 cm³/mol. The van der Waals surface area contributed by atoms with Gasteiger partial charge in [-0.05, 0) is 38.0 Å². The second kappa shape index (κ2) is 5.29. The minimum Gasteiger partial charge on any atom is -0.343 e. The summed E-state index contributed by atoms with van der Waals surface area (Å²) in [6.45, 7) is 6.49. The van der Waals surface area contributed by atoms with Crippen LogP contribution in [0.4, 0.5) is 0 Å². The van der Waals surface area contributed by atoms with E-state index in [1.165, 1.54) is 19.3 Å². The van der Waals surface area contributed by atoms with Crippen LogP contribution in [0.5, 0.6) is 0 Å². The molecule has 2 rings (SSSR count). The number of rotatable bonds is 4. The van der Waals surface area contributed by atoms with E-state index < -0.39 is 0 Å². The van der Waals surface area contributed by atoms with Gasteiger partial charge in [0, 0.05) is 6.04 Å². The van der Waals surface area contributed by atoms with E-state index in [0.29, 0.717) is 11.8 Å². The van der Waals surface area contributed by atoms with Crippen LogP contribution in [0.2, 0.25) is 0 Å². The highest BCUT2D eigenvalue weighted by Crippen LogP contribution is 2.32. The molecule has 2 fully saturated rings. The highest BCUT2D eigenvalue weighted by molar-refractivity contribution is 5.95. The Morgan fingerprint density at radius 2 is 1.94 bits per heavy atom. The molecule has 2 unspecified atom stereocenters. The van der Waals surface area contributed by atoms with E-state index >= 15 is 0 Å². The summed E-state index contributed by atoms with van der Waals surface area (Å²) in [6, 6.07) is -0.0965. The molecule has 2 amide bonds. The maximum Gasteiger partial charge on any atom is 0.245 e. The van der Waals surface area contributed by atoms with Gasteiger partial charge in [-0.3, -0.25) is 9.59 Å². The number of nitrogens with zero attached hydrogens (tertiary/aromatic N) is 1. The smallest absolute Gasteiger partial charge is 0.245 e. The van der Waals surface area contributed by atoms with E-state index in [-0.39, 0.29) is 30.4 Å². The fourth-order valence-corrected chi connectivity index (χ4v) is 2.89. The lowest BCUT2D eigenvalue weighted by Gasteiger charge is -2.42. The van der Waals surface area contributed by atoms with Crippen molar-refractivity contribution in [1.82, 2.24) is 10.2 Å². The zero-order chi connectivity index (χ0) is 13.3. The van der Waals surface area contributed by atoms with E-state index in [1.807, 2.05) is 0 Å². The van der Waals surface area contributed by atoms with Crippen LogP contribution in [-0.2, 0) is 9.59 Å². The van der Waals surface area contributed by atoms with Crippen molar-refractivity contribution < 1.29 is 9.59 Å². The van der Waals surface area contributed by atoms with E-state index in [0.717, 1.165) is 6.42 Å². The second-order valence-corrected chi connectivity index (χ2v) is 6.15. The van der Waals surface area contributed by atoms with Gasteiger partial charge in [0.25, 0.3) is 0 Å². The summed E-state index contributed by atoms with van der Waals surface area (Å²) in [4.78, 5) is 25.9. The fourth-order valence-electron chi connectivity index (χ4n) is 2.89. The van der Waals surface area contributed by atoms with Gasteiger partial charge in [-0.15, -0.1) is 0 Å². The maximum absolute atomic E-state index is 12.4. The summed E-state index contributed by atoms with van der Waals surface area (Å²) in [7, 11) is 0. The van der Waals surface area contributed by atoms with Crippen LogP contribution < -0.4 is 5.32 Å². The van der Waals surface area contributed by atoms with Gasteiger partial charge in [0.05, 0.1) is 6.54 Å². The third kappa shape index (κ3) is 2.68. The Labute approximate surface area is 109 Å². The van der Waals surface area contributed by atoms with Crippen LogP contribution in [0.15, 0.2) is 0 Å². The normalized spacial score (nSPS) is 27.1. The lowest BCUT2D eigenvalue weighted by atomic mass is 9.79. The van der Waals surface area contributed by atoms with Crippen molar-refractivity contribution in [2.75, 3.05) is 6.54 Å². The third-order valence-corrected chi connectivity index (χ3v) is 4.26. The molecule has 1 aliphatic carbocycles. The molecule has 1 saturated carbocycles. The van der Waals surface area contributed by atoms with Crippen molar-refractivity contribution in [3.63, 3.8) is 0 Å². The van der Waals surface area contributed by atoms with Crippen LogP contribution >= 0.6 is 0 Å². The van der Waals surface area contributed by atoms with Gasteiger partial charge in [-0.25, -0.2) is 0 Å². The van der Waals surface area contributed by atoms with Gasteiger partial charge >= 0.3 is 0 Å². The summed E-state index contributed by atoms with van der Waals surface area (Å²) >= 11 is 0. The van der Waals surface area contributed by atoms with Crippen LogP contribution in [0.1, 0.15) is 46.5 Å². The van der Waals surface area contributed by atoms with Crippen LogP contribution in [0.3, 0.4) is 0 Å². The Kier molecular flexibility index (Phi) is 3.93. The van der Waals surface area contributed by atoms with Gasteiger partial charge in [0.15, 0.2) is 0 Å². The van der Waals surface area contributed by atoms with Gasteiger partial charge in [-0.2, -0.15) is 0 Å². The molecule has 1 aliphatic heterocycles. The first-order valence-corrected chi connectivity index (χ1v) is 7.09. The molecular weight excluding hydrogens is 228 g/mol. The molecule has 4 heteroatoms. The Morgan fingerprint density at radius 1 is 1.28 bits per heavy atom. The Morgan fingerprint density at radius 3 is 2.44 bits per heavy atom. The van der Waals surface area contributed by atoms with Gasteiger partial charge in [-0.1, -0.05) is 20.3 Å². The van der Waals surface area contributed by atoms with Gasteiger partial charge < -0.3 is 10.2 Å². The Hall–Kier alpha value is -1.06. The van der Waals surface area contributed by atoms with E-state index in [9.17, 15) is 9.59 Å². The topological polar surface area (TPSA) is 49.4 Å². The average Bonchev–Trinajstić information content (AvgIpc) is 2.19. The summed E-state index contributed by atoms with van der Waals surface area (Å²) in [5.74, 6) is 1.12. The maximum atomic E-state index is 12.4. The highest BCUT2D eigenvalue weighted by atomic mass is 16.2. The quantitative estimate of drug-likeness (QED) is 0.825. The van der Waals surface area contributed by atoms with Crippen molar-refractivity contribution in [2.45, 2.75) is 58.5 Å². The molecule has 2 atom stereocenters. The van der Waals surface area contributed by atoms with E-state index in [4.69, 9.17) is 0 Å². The summed E-state index contributed by atoms with van der Waals surface area (Å²) in [5.41, 5.74) is 0.